The van der Waals surface area contributed by atoms with Crippen molar-refractivity contribution in [3.63, 3.8) is 0 Å². The molecule has 0 saturated carbocycles. The van der Waals surface area contributed by atoms with Gasteiger partial charge < -0.3 is 4.74 Å². The molecule has 2 aromatic carbocycles. The summed E-state index contributed by atoms with van der Waals surface area (Å²) in [6.07, 6.45) is -4.09. The van der Waals surface area contributed by atoms with Crippen LogP contribution in [0, 0.1) is 0 Å². The van der Waals surface area contributed by atoms with E-state index in [4.69, 9.17) is 4.74 Å². The van der Waals surface area contributed by atoms with Crippen molar-refractivity contribution in [1.82, 2.24) is 0 Å². The molecule has 2 nitrogen and oxygen atoms in total. The van der Waals surface area contributed by atoms with Crippen molar-refractivity contribution in [2.45, 2.75) is 18.2 Å². The predicted molar refractivity (Wildman–Crippen MR) is 87.0 cm³/mol. The molecule has 6 heteroatoms. The first-order valence-corrected chi connectivity index (χ1v) is 7.93. The van der Waals surface area contributed by atoms with E-state index in [2.05, 4.69) is 15.9 Å². The van der Waals surface area contributed by atoms with Crippen LogP contribution in [0.25, 0.3) is 5.57 Å². The third-order valence-corrected chi connectivity index (χ3v) is 4.45. The molecule has 2 aromatic rings. The molecule has 0 aliphatic carbocycles. The van der Waals surface area contributed by atoms with Crippen LogP contribution in [0.2, 0.25) is 0 Å². The zero-order valence-corrected chi connectivity index (χ0v) is 13.9. The molecule has 0 unspecified atom stereocenters. The third kappa shape index (κ3) is 2.98. The normalized spacial score (nSPS) is 21.2. The molecular weight excluding hydrogens is 385 g/mol. The Morgan fingerprint density at radius 1 is 1.00 bits per heavy atom. The number of esters is 1. The van der Waals surface area contributed by atoms with E-state index in [1.54, 1.807) is 30.3 Å². The Labute approximate surface area is 145 Å². The van der Waals surface area contributed by atoms with Gasteiger partial charge in [-0.3, -0.25) is 0 Å². The maximum absolute atomic E-state index is 13.9. The maximum Gasteiger partial charge on any atom is 0.433 e. The van der Waals surface area contributed by atoms with Gasteiger partial charge in [0.2, 0.25) is 5.60 Å². The van der Waals surface area contributed by atoms with Gasteiger partial charge in [-0.2, -0.15) is 13.2 Å². The lowest BCUT2D eigenvalue weighted by molar-refractivity contribution is -0.274. The molecule has 0 saturated heterocycles. The lowest BCUT2D eigenvalue weighted by Gasteiger charge is -2.38. The first kappa shape index (κ1) is 16.8. The number of cyclic esters (lactones) is 1. The Kier molecular flexibility index (Phi) is 4.25. The predicted octanol–water partition coefficient (Wildman–Crippen LogP) is 5.24. The molecule has 24 heavy (non-hydrogen) atoms. The third-order valence-electron chi connectivity index (χ3n) is 3.92. The van der Waals surface area contributed by atoms with Gasteiger partial charge in [-0.25, -0.2) is 4.79 Å². The van der Waals surface area contributed by atoms with Gasteiger partial charge in [-0.15, -0.1) is 0 Å². The molecule has 0 radical (unpaired) electrons. The number of benzene rings is 2. The van der Waals surface area contributed by atoms with Crippen molar-refractivity contribution in [3.8, 4) is 0 Å². The number of halogens is 4. The summed E-state index contributed by atoms with van der Waals surface area (Å²) in [4.78, 5) is 11.9. The molecule has 0 aromatic heterocycles. The highest BCUT2D eigenvalue weighted by Gasteiger charge is 2.60. The SMILES string of the molecule is O=C1C=C(c2ccccc2)C[C@@](c2ccc(Br)cc2)(C(F)(F)F)O1. The average Bonchev–Trinajstić information content (AvgIpc) is 2.54. The zero-order valence-electron chi connectivity index (χ0n) is 12.3. The Morgan fingerprint density at radius 2 is 1.62 bits per heavy atom. The fourth-order valence-electron chi connectivity index (χ4n) is 2.74. The standard InChI is InChI=1S/C18H12BrF3O2/c19-15-8-6-14(7-9-15)17(18(20,21)22)11-13(10-16(23)24-17)12-4-2-1-3-5-12/h1-10H,11H2/t17-/m1/s1. The molecule has 0 spiro atoms. The van der Waals surface area contributed by atoms with Crippen molar-refractivity contribution < 1.29 is 22.7 Å². The van der Waals surface area contributed by atoms with Gasteiger partial charge in [-0.1, -0.05) is 58.4 Å². The summed E-state index contributed by atoms with van der Waals surface area (Å²) in [6.45, 7) is 0. The van der Waals surface area contributed by atoms with Crippen LogP contribution in [0.5, 0.6) is 0 Å². The van der Waals surface area contributed by atoms with E-state index in [1.165, 1.54) is 24.3 Å². The second kappa shape index (κ2) is 6.09. The Hall–Kier alpha value is -2.08. The Morgan fingerprint density at radius 3 is 2.21 bits per heavy atom. The fourth-order valence-corrected chi connectivity index (χ4v) is 3.00. The van der Waals surface area contributed by atoms with Crippen molar-refractivity contribution in [1.29, 1.82) is 0 Å². The van der Waals surface area contributed by atoms with E-state index in [0.29, 0.717) is 15.6 Å². The molecule has 1 atom stereocenters. The number of carbonyl (C=O) groups is 1. The second-order valence-corrected chi connectivity index (χ2v) is 6.38. The van der Waals surface area contributed by atoms with E-state index >= 15 is 0 Å². The van der Waals surface area contributed by atoms with Crippen LogP contribution in [0.15, 0.2) is 65.1 Å². The molecule has 0 amide bonds. The van der Waals surface area contributed by atoms with Crippen LogP contribution in [0.3, 0.4) is 0 Å². The summed E-state index contributed by atoms with van der Waals surface area (Å²) in [5.41, 5.74) is -1.93. The molecule has 1 heterocycles. The molecule has 3 rings (SSSR count). The van der Waals surface area contributed by atoms with Crippen LogP contribution in [-0.2, 0) is 15.1 Å². The summed E-state index contributed by atoms with van der Waals surface area (Å²) in [5, 5.41) is 0. The highest BCUT2D eigenvalue weighted by molar-refractivity contribution is 9.10. The van der Waals surface area contributed by atoms with Crippen molar-refractivity contribution >= 4 is 27.5 Å². The van der Waals surface area contributed by atoms with Gasteiger partial charge >= 0.3 is 12.1 Å². The Balaban J connectivity index is 2.12. The number of alkyl halides is 3. The van der Waals surface area contributed by atoms with Crippen LogP contribution in [-0.4, -0.2) is 12.1 Å². The van der Waals surface area contributed by atoms with Crippen LogP contribution >= 0.6 is 15.9 Å². The van der Waals surface area contributed by atoms with E-state index < -0.39 is 24.2 Å². The van der Waals surface area contributed by atoms with E-state index in [1.807, 2.05) is 0 Å². The first-order valence-electron chi connectivity index (χ1n) is 7.13. The summed E-state index contributed by atoms with van der Waals surface area (Å²) in [6, 6.07) is 14.2. The molecule has 1 aliphatic heterocycles. The van der Waals surface area contributed by atoms with E-state index in [0.717, 1.165) is 6.08 Å². The number of rotatable bonds is 2. The quantitative estimate of drug-likeness (QED) is 0.649. The maximum atomic E-state index is 13.9. The number of ether oxygens (including phenoxy) is 1. The van der Waals surface area contributed by atoms with Crippen LogP contribution in [0.4, 0.5) is 13.2 Å². The van der Waals surface area contributed by atoms with Crippen molar-refractivity contribution in [2.75, 3.05) is 0 Å². The van der Waals surface area contributed by atoms with Crippen molar-refractivity contribution in [2.24, 2.45) is 0 Å². The second-order valence-electron chi connectivity index (χ2n) is 5.47. The zero-order chi connectivity index (χ0) is 17.4. The largest absolute Gasteiger partial charge is 0.441 e. The molecule has 0 bridgehead atoms. The minimum atomic E-state index is -4.75. The average molecular weight is 397 g/mol. The van der Waals surface area contributed by atoms with Crippen LogP contribution < -0.4 is 0 Å². The molecular formula is C18H12BrF3O2. The van der Waals surface area contributed by atoms with Gasteiger partial charge in [0.15, 0.2) is 0 Å². The van der Waals surface area contributed by atoms with Gasteiger partial charge in [0.25, 0.3) is 0 Å². The molecule has 0 fully saturated rings. The topological polar surface area (TPSA) is 26.3 Å². The van der Waals surface area contributed by atoms with Gasteiger partial charge in [0.05, 0.1) is 0 Å². The van der Waals surface area contributed by atoms with Gasteiger partial charge in [0, 0.05) is 22.5 Å². The molecule has 0 N–H and O–H groups in total. The summed E-state index contributed by atoms with van der Waals surface area (Å²) in [5.74, 6) is -1.000. The molecule has 124 valence electrons. The minimum Gasteiger partial charge on any atom is -0.441 e. The summed E-state index contributed by atoms with van der Waals surface area (Å²) < 4.78 is 47.3. The van der Waals surface area contributed by atoms with Crippen molar-refractivity contribution in [3.05, 3.63) is 76.3 Å². The monoisotopic (exact) mass is 396 g/mol. The lowest BCUT2D eigenvalue weighted by Crippen LogP contribution is -2.48. The fraction of sp³-hybridized carbons (Fsp3) is 0.167. The summed E-state index contributed by atoms with van der Waals surface area (Å²) >= 11 is 3.20. The first-order chi connectivity index (χ1) is 11.3. The van der Waals surface area contributed by atoms with E-state index in [9.17, 15) is 18.0 Å². The minimum absolute atomic E-state index is 0.104. The van der Waals surface area contributed by atoms with E-state index in [-0.39, 0.29) is 5.56 Å². The van der Waals surface area contributed by atoms with Gasteiger partial charge in [0.1, 0.15) is 0 Å². The Bertz CT molecular complexity index is 782. The number of carbonyl (C=O) groups excluding carboxylic acids is 1. The number of hydrogen-bond donors (Lipinski definition) is 0. The smallest absolute Gasteiger partial charge is 0.433 e. The lowest BCUT2D eigenvalue weighted by atomic mass is 9.82. The highest BCUT2D eigenvalue weighted by atomic mass is 79.9. The van der Waals surface area contributed by atoms with Crippen LogP contribution in [0.1, 0.15) is 17.5 Å². The molecule has 1 aliphatic rings. The number of hydrogen-bond acceptors (Lipinski definition) is 2. The summed E-state index contributed by atoms with van der Waals surface area (Å²) in [7, 11) is 0. The highest BCUT2D eigenvalue weighted by Crippen LogP contribution is 2.50. The van der Waals surface area contributed by atoms with Gasteiger partial charge in [-0.05, 0) is 23.3 Å².